The van der Waals surface area contributed by atoms with Gasteiger partial charge in [-0.2, -0.15) is 4.37 Å². The smallest absolute Gasteiger partial charge is 0.202 e. The van der Waals surface area contributed by atoms with Crippen molar-refractivity contribution < 1.29 is 5.11 Å². The van der Waals surface area contributed by atoms with Crippen LogP contribution in [-0.2, 0) is 12.0 Å². The van der Waals surface area contributed by atoms with E-state index in [4.69, 9.17) is 0 Å². The fourth-order valence-corrected chi connectivity index (χ4v) is 2.75. The van der Waals surface area contributed by atoms with Crippen molar-refractivity contribution in [1.82, 2.24) is 9.36 Å². The van der Waals surface area contributed by atoms with Crippen LogP contribution in [0.2, 0.25) is 0 Å². The van der Waals surface area contributed by atoms with Crippen molar-refractivity contribution in [3.63, 3.8) is 0 Å². The second kappa shape index (κ2) is 7.00. The molecule has 2 aromatic rings. The van der Waals surface area contributed by atoms with Gasteiger partial charge in [0.25, 0.3) is 0 Å². The summed E-state index contributed by atoms with van der Waals surface area (Å²) in [7, 11) is 0. The summed E-state index contributed by atoms with van der Waals surface area (Å²) in [5, 5.41) is 14.6. The van der Waals surface area contributed by atoms with Gasteiger partial charge in [0.05, 0.1) is 5.60 Å². The molecule has 5 heteroatoms. The summed E-state index contributed by atoms with van der Waals surface area (Å²) < 4.78 is 4.34. The fourth-order valence-electron chi connectivity index (χ4n) is 2.13. The molecule has 2 rings (SSSR count). The molecule has 0 aliphatic carbocycles. The zero-order valence-electron chi connectivity index (χ0n) is 12.8. The van der Waals surface area contributed by atoms with Crippen molar-refractivity contribution in [2.75, 3.05) is 11.9 Å². The van der Waals surface area contributed by atoms with Gasteiger partial charge in [0.1, 0.15) is 5.82 Å². The van der Waals surface area contributed by atoms with Crippen LogP contribution >= 0.6 is 11.5 Å². The lowest BCUT2D eigenvalue weighted by atomic mass is 9.93. The number of rotatable bonds is 7. The van der Waals surface area contributed by atoms with E-state index >= 15 is 0 Å². The monoisotopic (exact) mass is 305 g/mol. The lowest BCUT2D eigenvalue weighted by molar-refractivity contribution is 0.0515. The topological polar surface area (TPSA) is 58.0 Å². The maximum Gasteiger partial charge on any atom is 0.202 e. The van der Waals surface area contributed by atoms with Crippen LogP contribution in [0.4, 0.5) is 5.13 Å². The normalized spacial score (nSPS) is 14.1. The van der Waals surface area contributed by atoms with E-state index < -0.39 is 5.60 Å². The van der Waals surface area contributed by atoms with E-state index in [0.717, 1.165) is 22.9 Å². The Kier molecular flexibility index (Phi) is 5.31. The molecule has 1 aromatic heterocycles. The zero-order valence-corrected chi connectivity index (χ0v) is 13.7. The molecular weight excluding hydrogens is 282 g/mol. The van der Waals surface area contributed by atoms with Crippen molar-refractivity contribution in [1.29, 1.82) is 0 Å². The standard InChI is InChI=1S/C16H23N3OS/c1-12(2)11-14-18-15(21-19-14)17-10-9-16(3,20)13-7-5-4-6-8-13/h4-8,12,20H,9-11H2,1-3H3,(H,17,18,19). The molecule has 0 bridgehead atoms. The average Bonchev–Trinajstić information content (AvgIpc) is 2.86. The second-order valence-electron chi connectivity index (χ2n) is 5.93. The van der Waals surface area contributed by atoms with Gasteiger partial charge in [0.15, 0.2) is 0 Å². The molecule has 114 valence electrons. The summed E-state index contributed by atoms with van der Waals surface area (Å²) in [5.41, 5.74) is 0.101. The Bertz CT molecular complexity index is 552. The van der Waals surface area contributed by atoms with Crippen molar-refractivity contribution in [2.24, 2.45) is 5.92 Å². The Morgan fingerprint density at radius 1 is 1.29 bits per heavy atom. The molecule has 0 aliphatic rings. The number of nitrogens with zero attached hydrogens (tertiary/aromatic N) is 2. The third-order valence-electron chi connectivity index (χ3n) is 3.34. The van der Waals surface area contributed by atoms with Gasteiger partial charge in [-0.15, -0.1) is 0 Å². The van der Waals surface area contributed by atoms with Crippen LogP contribution < -0.4 is 5.32 Å². The van der Waals surface area contributed by atoms with Gasteiger partial charge in [-0.1, -0.05) is 44.2 Å². The Hall–Kier alpha value is -1.46. The summed E-state index contributed by atoms with van der Waals surface area (Å²) in [6, 6.07) is 9.74. The molecular formula is C16H23N3OS. The van der Waals surface area contributed by atoms with Crippen LogP contribution in [0.25, 0.3) is 0 Å². The highest BCUT2D eigenvalue weighted by Crippen LogP contribution is 2.24. The third-order valence-corrected chi connectivity index (χ3v) is 4.05. The van der Waals surface area contributed by atoms with Crippen LogP contribution in [0.5, 0.6) is 0 Å². The Morgan fingerprint density at radius 3 is 2.67 bits per heavy atom. The second-order valence-corrected chi connectivity index (χ2v) is 6.68. The van der Waals surface area contributed by atoms with Crippen LogP contribution in [-0.4, -0.2) is 21.0 Å². The summed E-state index contributed by atoms with van der Waals surface area (Å²) in [6.07, 6.45) is 1.52. The largest absolute Gasteiger partial charge is 0.385 e. The minimum atomic E-state index is -0.834. The van der Waals surface area contributed by atoms with Crippen molar-refractivity contribution >= 4 is 16.7 Å². The minimum absolute atomic E-state index is 0.561. The first kappa shape index (κ1) is 15.9. The summed E-state index contributed by atoms with van der Waals surface area (Å²) in [6.45, 7) is 6.82. The summed E-state index contributed by atoms with van der Waals surface area (Å²) in [5.74, 6) is 1.46. The molecule has 1 atom stereocenters. The number of anilines is 1. The van der Waals surface area contributed by atoms with Gasteiger partial charge in [0, 0.05) is 24.5 Å². The zero-order chi connectivity index (χ0) is 15.3. The van der Waals surface area contributed by atoms with Crippen molar-refractivity contribution in [3.05, 3.63) is 41.7 Å². The first-order chi connectivity index (χ1) is 9.97. The van der Waals surface area contributed by atoms with Crippen molar-refractivity contribution in [2.45, 2.75) is 39.2 Å². The molecule has 0 amide bonds. The maximum absolute atomic E-state index is 10.5. The minimum Gasteiger partial charge on any atom is -0.385 e. The van der Waals surface area contributed by atoms with E-state index in [-0.39, 0.29) is 0 Å². The number of aliphatic hydroxyl groups is 1. The Morgan fingerprint density at radius 2 is 2.00 bits per heavy atom. The lowest BCUT2D eigenvalue weighted by Gasteiger charge is -2.23. The number of benzene rings is 1. The third kappa shape index (κ3) is 4.79. The maximum atomic E-state index is 10.5. The molecule has 1 unspecified atom stereocenters. The van der Waals surface area contributed by atoms with E-state index in [0.29, 0.717) is 18.9 Å². The first-order valence-corrected chi connectivity index (χ1v) is 8.09. The molecule has 0 aliphatic heterocycles. The summed E-state index contributed by atoms with van der Waals surface area (Å²) in [4.78, 5) is 4.46. The molecule has 4 nitrogen and oxygen atoms in total. The number of nitrogens with one attached hydrogen (secondary N) is 1. The van der Waals surface area contributed by atoms with Gasteiger partial charge in [-0.3, -0.25) is 0 Å². The molecule has 0 fully saturated rings. The molecule has 0 saturated carbocycles. The Balaban J connectivity index is 1.85. The van der Waals surface area contributed by atoms with Crippen LogP contribution in [0.1, 0.15) is 38.6 Å². The Labute approximate surface area is 130 Å². The number of hydrogen-bond acceptors (Lipinski definition) is 5. The predicted octanol–water partition coefficient (Wildman–Crippen LogP) is 3.45. The number of aromatic nitrogens is 2. The molecule has 2 N–H and O–H groups in total. The molecule has 0 spiro atoms. The molecule has 0 saturated heterocycles. The van der Waals surface area contributed by atoms with Crippen molar-refractivity contribution in [3.8, 4) is 0 Å². The van der Waals surface area contributed by atoms with Crippen LogP contribution in [0.15, 0.2) is 30.3 Å². The summed E-state index contributed by atoms with van der Waals surface area (Å²) >= 11 is 1.38. The number of hydrogen-bond donors (Lipinski definition) is 2. The van der Waals surface area contributed by atoms with E-state index in [9.17, 15) is 5.11 Å². The average molecular weight is 305 g/mol. The molecule has 1 heterocycles. The highest BCUT2D eigenvalue weighted by molar-refractivity contribution is 7.09. The van der Waals surface area contributed by atoms with E-state index in [1.807, 2.05) is 37.3 Å². The lowest BCUT2D eigenvalue weighted by Crippen LogP contribution is -2.24. The van der Waals surface area contributed by atoms with Crippen LogP contribution in [0.3, 0.4) is 0 Å². The van der Waals surface area contributed by atoms with Gasteiger partial charge >= 0.3 is 0 Å². The predicted molar refractivity (Wildman–Crippen MR) is 87.6 cm³/mol. The SMILES string of the molecule is CC(C)Cc1nsc(NCCC(C)(O)c2ccccc2)n1. The first-order valence-electron chi connectivity index (χ1n) is 7.32. The highest BCUT2D eigenvalue weighted by Gasteiger charge is 2.22. The highest BCUT2D eigenvalue weighted by atomic mass is 32.1. The van der Waals surface area contributed by atoms with Crippen LogP contribution in [0, 0.1) is 5.92 Å². The van der Waals surface area contributed by atoms with E-state index in [1.54, 1.807) is 0 Å². The molecule has 0 radical (unpaired) electrons. The van der Waals surface area contributed by atoms with Gasteiger partial charge in [0.2, 0.25) is 5.13 Å². The van der Waals surface area contributed by atoms with E-state index in [2.05, 4.69) is 28.5 Å². The fraction of sp³-hybridized carbons (Fsp3) is 0.500. The van der Waals surface area contributed by atoms with Gasteiger partial charge < -0.3 is 10.4 Å². The molecule has 21 heavy (non-hydrogen) atoms. The van der Waals surface area contributed by atoms with E-state index in [1.165, 1.54) is 11.5 Å². The quantitative estimate of drug-likeness (QED) is 0.822. The van der Waals surface area contributed by atoms with Gasteiger partial charge in [-0.25, -0.2) is 4.98 Å². The molecule has 1 aromatic carbocycles. The van der Waals surface area contributed by atoms with Gasteiger partial charge in [-0.05, 0) is 24.8 Å².